The maximum Gasteiger partial charge on any atom is 0.330 e. The van der Waals surface area contributed by atoms with E-state index in [1.807, 2.05) is 24.3 Å². The van der Waals surface area contributed by atoms with Gasteiger partial charge >= 0.3 is 5.97 Å². The highest BCUT2D eigenvalue weighted by atomic mass is 16.5. The maximum absolute atomic E-state index is 10.8. The van der Waals surface area contributed by atoms with Crippen molar-refractivity contribution in [1.82, 2.24) is 5.32 Å². The van der Waals surface area contributed by atoms with Crippen molar-refractivity contribution in [2.24, 2.45) is 0 Å². The van der Waals surface area contributed by atoms with E-state index in [1.54, 1.807) is 25.5 Å². The normalized spacial score (nSPS) is 10.8. The monoisotopic (exact) mass is 247 g/mol. The minimum Gasteiger partial charge on any atom is -0.497 e. The highest BCUT2D eigenvalue weighted by Gasteiger charge is 1.92. The van der Waals surface area contributed by atoms with Crippen LogP contribution in [0, 0.1) is 0 Å². The molecule has 4 heteroatoms. The fourth-order valence-electron chi connectivity index (χ4n) is 1.25. The Morgan fingerprint density at radius 1 is 1.22 bits per heavy atom. The van der Waals surface area contributed by atoms with Crippen molar-refractivity contribution in [1.29, 1.82) is 0 Å². The fourth-order valence-corrected chi connectivity index (χ4v) is 1.25. The summed E-state index contributed by atoms with van der Waals surface area (Å²) >= 11 is 0. The van der Waals surface area contributed by atoms with E-state index in [0.717, 1.165) is 11.3 Å². The summed E-state index contributed by atoms with van der Waals surface area (Å²) in [5.74, 6) is 0.477. The summed E-state index contributed by atoms with van der Waals surface area (Å²) in [7, 11) is 2.99. The van der Waals surface area contributed by atoms with Gasteiger partial charge in [0.25, 0.3) is 0 Å². The van der Waals surface area contributed by atoms with E-state index in [2.05, 4.69) is 10.1 Å². The van der Waals surface area contributed by atoms with Crippen molar-refractivity contribution in [3.05, 3.63) is 54.3 Å². The second kappa shape index (κ2) is 7.95. The number of esters is 1. The van der Waals surface area contributed by atoms with E-state index >= 15 is 0 Å². The second-order valence-electron chi connectivity index (χ2n) is 3.47. The number of methoxy groups -OCH3 is 2. The molecule has 0 atom stereocenters. The molecule has 0 aliphatic rings. The Kier molecular flexibility index (Phi) is 6.11. The molecule has 4 nitrogen and oxygen atoms in total. The highest BCUT2D eigenvalue weighted by molar-refractivity contribution is 5.82. The van der Waals surface area contributed by atoms with E-state index in [0.29, 0.717) is 6.54 Å². The van der Waals surface area contributed by atoms with Gasteiger partial charge in [0.1, 0.15) is 5.75 Å². The molecule has 0 unspecified atom stereocenters. The molecule has 1 N–H and O–H groups in total. The van der Waals surface area contributed by atoms with Gasteiger partial charge in [0.15, 0.2) is 0 Å². The third-order valence-corrected chi connectivity index (χ3v) is 2.22. The summed E-state index contributed by atoms with van der Waals surface area (Å²) in [6, 6.07) is 7.81. The third kappa shape index (κ3) is 5.21. The van der Waals surface area contributed by atoms with Crippen molar-refractivity contribution in [2.45, 2.75) is 6.54 Å². The van der Waals surface area contributed by atoms with Crippen LogP contribution in [0.1, 0.15) is 5.56 Å². The van der Waals surface area contributed by atoms with Crippen LogP contribution >= 0.6 is 0 Å². The number of carbonyl (C=O) groups is 1. The topological polar surface area (TPSA) is 47.6 Å². The zero-order valence-electron chi connectivity index (χ0n) is 10.6. The second-order valence-corrected chi connectivity index (χ2v) is 3.47. The quantitative estimate of drug-likeness (QED) is 0.474. The van der Waals surface area contributed by atoms with Crippen LogP contribution in [0.15, 0.2) is 48.7 Å². The van der Waals surface area contributed by atoms with E-state index in [1.165, 1.54) is 13.2 Å². The van der Waals surface area contributed by atoms with Gasteiger partial charge in [-0.15, -0.1) is 0 Å². The van der Waals surface area contributed by atoms with Gasteiger partial charge in [0.2, 0.25) is 0 Å². The van der Waals surface area contributed by atoms with Crippen molar-refractivity contribution >= 4 is 5.97 Å². The zero-order chi connectivity index (χ0) is 13.2. The average Bonchev–Trinajstić information content (AvgIpc) is 2.43. The van der Waals surface area contributed by atoms with Crippen molar-refractivity contribution in [3.63, 3.8) is 0 Å². The first-order valence-corrected chi connectivity index (χ1v) is 5.53. The van der Waals surface area contributed by atoms with E-state index < -0.39 is 0 Å². The number of allylic oxidation sites excluding steroid dienone is 2. The predicted molar refractivity (Wildman–Crippen MR) is 70.1 cm³/mol. The van der Waals surface area contributed by atoms with Crippen molar-refractivity contribution in [3.8, 4) is 5.75 Å². The molecule has 0 saturated carbocycles. The molecule has 0 radical (unpaired) electrons. The maximum atomic E-state index is 10.8. The Labute approximate surface area is 107 Å². The van der Waals surface area contributed by atoms with Gasteiger partial charge in [0, 0.05) is 12.6 Å². The molecule has 96 valence electrons. The van der Waals surface area contributed by atoms with Crippen LogP contribution in [0.25, 0.3) is 0 Å². The molecule has 0 aromatic heterocycles. The zero-order valence-corrected chi connectivity index (χ0v) is 10.6. The van der Waals surface area contributed by atoms with Gasteiger partial charge in [-0.2, -0.15) is 0 Å². The Hall–Kier alpha value is -2.23. The van der Waals surface area contributed by atoms with Gasteiger partial charge < -0.3 is 14.8 Å². The first-order chi connectivity index (χ1) is 8.76. The van der Waals surface area contributed by atoms with Gasteiger partial charge in [-0.3, -0.25) is 0 Å². The number of carbonyl (C=O) groups excluding carboxylic acids is 1. The van der Waals surface area contributed by atoms with Crippen LogP contribution < -0.4 is 10.1 Å². The third-order valence-electron chi connectivity index (χ3n) is 2.22. The summed E-state index contributed by atoms with van der Waals surface area (Å²) in [6.07, 6.45) is 6.47. The summed E-state index contributed by atoms with van der Waals surface area (Å²) in [6.45, 7) is 0.715. The van der Waals surface area contributed by atoms with E-state index in [9.17, 15) is 4.79 Å². The number of benzene rings is 1. The van der Waals surface area contributed by atoms with Crippen LogP contribution in [0.2, 0.25) is 0 Å². The Morgan fingerprint density at radius 3 is 2.56 bits per heavy atom. The van der Waals surface area contributed by atoms with E-state index in [-0.39, 0.29) is 5.97 Å². The van der Waals surface area contributed by atoms with E-state index in [4.69, 9.17) is 4.74 Å². The molecule has 0 fully saturated rings. The molecule has 1 aromatic rings. The molecule has 0 saturated heterocycles. The summed E-state index contributed by atoms with van der Waals surface area (Å²) < 4.78 is 9.53. The lowest BCUT2D eigenvalue weighted by Gasteiger charge is -2.03. The standard InChI is InChI=1S/C14H17NO3/c1-17-13-8-6-12(7-9-13)11-15-10-4-3-5-14(16)18-2/h3-10,15H,11H2,1-2H3/b5-3+,10-4+. The number of hydrogen-bond acceptors (Lipinski definition) is 4. The predicted octanol–water partition coefficient (Wildman–Crippen LogP) is 2.03. The number of nitrogens with one attached hydrogen (secondary N) is 1. The minimum atomic E-state index is -0.366. The molecular formula is C14H17NO3. The fraction of sp³-hybridized carbons (Fsp3) is 0.214. The average molecular weight is 247 g/mol. The number of ether oxygens (including phenoxy) is 2. The Bertz CT molecular complexity index is 421. The highest BCUT2D eigenvalue weighted by Crippen LogP contribution is 2.10. The lowest BCUT2D eigenvalue weighted by molar-refractivity contribution is -0.134. The summed E-state index contributed by atoms with van der Waals surface area (Å²) in [5.41, 5.74) is 1.15. The first-order valence-electron chi connectivity index (χ1n) is 5.53. The van der Waals surface area contributed by atoms with Gasteiger partial charge in [-0.05, 0) is 30.0 Å². The van der Waals surface area contributed by atoms with Crippen molar-refractivity contribution in [2.75, 3.05) is 14.2 Å². The van der Waals surface area contributed by atoms with Crippen LogP contribution in [0.5, 0.6) is 5.75 Å². The van der Waals surface area contributed by atoms with Gasteiger partial charge in [-0.25, -0.2) is 4.79 Å². The Morgan fingerprint density at radius 2 is 1.94 bits per heavy atom. The summed E-state index contributed by atoms with van der Waals surface area (Å²) in [5, 5.41) is 3.11. The summed E-state index contributed by atoms with van der Waals surface area (Å²) in [4.78, 5) is 10.8. The smallest absolute Gasteiger partial charge is 0.330 e. The molecule has 0 aliphatic carbocycles. The minimum absolute atomic E-state index is 0.366. The molecule has 0 amide bonds. The number of hydrogen-bond donors (Lipinski definition) is 1. The molecule has 1 rings (SSSR count). The van der Waals surface area contributed by atoms with Gasteiger partial charge in [0.05, 0.1) is 14.2 Å². The largest absolute Gasteiger partial charge is 0.497 e. The van der Waals surface area contributed by atoms with Crippen LogP contribution in [0.3, 0.4) is 0 Å². The lowest BCUT2D eigenvalue weighted by atomic mass is 10.2. The SMILES string of the molecule is COC(=O)/C=C/C=C/NCc1ccc(OC)cc1. The first kappa shape index (κ1) is 13.8. The molecule has 0 heterocycles. The molecule has 1 aromatic carbocycles. The van der Waals surface area contributed by atoms with Crippen LogP contribution in [-0.2, 0) is 16.1 Å². The molecule has 0 bridgehead atoms. The molecule has 0 spiro atoms. The van der Waals surface area contributed by atoms with Crippen molar-refractivity contribution < 1.29 is 14.3 Å². The number of rotatable bonds is 6. The molecular weight excluding hydrogens is 230 g/mol. The molecule has 0 aliphatic heterocycles. The van der Waals surface area contributed by atoms with Crippen LogP contribution in [0.4, 0.5) is 0 Å². The lowest BCUT2D eigenvalue weighted by Crippen LogP contribution is -2.03. The Balaban J connectivity index is 2.30. The van der Waals surface area contributed by atoms with Gasteiger partial charge in [-0.1, -0.05) is 18.2 Å². The van der Waals surface area contributed by atoms with Crippen LogP contribution in [-0.4, -0.2) is 20.2 Å². The molecule has 18 heavy (non-hydrogen) atoms.